The summed E-state index contributed by atoms with van der Waals surface area (Å²) in [5, 5.41) is 0.495. The first-order valence-electron chi connectivity index (χ1n) is 1.91. The molecule has 0 radical (unpaired) electrons. The van der Waals surface area contributed by atoms with Gasteiger partial charge in [0, 0.05) is 15.2 Å². The predicted octanol–water partition coefficient (Wildman–Crippen LogP) is 0.327. The van der Waals surface area contributed by atoms with Gasteiger partial charge in [-0.2, -0.15) is 0 Å². The van der Waals surface area contributed by atoms with Gasteiger partial charge in [0.05, 0.1) is 0 Å². The molecule has 0 saturated heterocycles. The Morgan fingerprint density at radius 3 is 2.20 bits per heavy atom. The molecule has 0 heterocycles. The van der Waals surface area contributed by atoms with E-state index >= 15 is 0 Å². The third-order valence-corrected chi connectivity index (χ3v) is 1.69. The van der Waals surface area contributed by atoms with Crippen molar-refractivity contribution in [3.05, 3.63) is 0 Å². The van der Waals surface area contributed by atoms with E-state index in [1.165, 1.54) is 0 Å². The molecule has 1 unspecified atom stereocenters. The van der Waals surface area contributed by atoms with E-state index in [1.807, 2.05) is 0 Å². The predicted molar refractivity (Wildman–Crippen MR) is 29.9 cm³/mol. The molecule has 0 fully saturated rings. The fourth-order valence-corrected chi connectivity index (χ4v) is 0. The minimum Gasteiger partial charge on any atom is -0.128 e. The molecule has 5 heavy (non-hydrogen) atoms. The molecule has 0 bridgehead atoms. The monoisotopic (exact) mass is 108 g/mol. The first-order chi connectivity index (χ1) is 2.27. The Kier molecular flexibility index (Phi) is 3.01. The number of rotatable bonds is 1. The molecule has 0 aliphatic carbocycles. The average Bonchev–Trinajstić information content (AvgIpc) is 1.38. The molecular weight excluding hydrogens is 99.6 g/mol. The van der Waals surface area contributed by atoms with Crippen LogP contribution in [0.1, 0.15) is 13.3 Å². The number of alkyl halides is 1. The summed E-state index contributed by atoms with van der Waals surface area (Å²) in [4.78, 5) is 0. The van der Waals surface area contributed by atoms with Crippen molar-refractivity contribution in [2.75, 3.05) is 0 Å². The van der Waals surface area contributed by atoms with Crippen molar-refractivity contribution in [3.8, 4) is 0 Å². The Morgan fingerprint density at radius 1 is 2.00 bits per heavy atom. The lowest BCUT2D eigenvalue weighted by Crippen LogP contribution is -1.90. The number of hydrogen-bond donors (Lipinski definition) is 0. The lowest BCUT2D eigenvalue weighted by atomic mass is 10.6. The van der Waals surface area contributed by atoms with E-state index in [9.17, 15) is 0 Å². The maximum Gasteiger partial charge on any atom is 0.0254 e. The summed E-state index contributed by atoms with van der Waals surface area (Å²) < 4.78 is 0. The van der Waals surface area contributed by atoms with Gasteiger partial charge in [-0.3, -0.25) is 0 Å². The van der Waals surface area contributed by atoms with Crippen molar-refractivity contribution in [2.24, 2.45) is 0 Å². The van der Waals surface area contributed by atoms with Crippen molar-refractivity contribution >= 4 is 21.8 Å². The van der Waals surface area contributed by atoms with Crippen molar-refractivity contribution in [2.45, 2.75) is 18.3 Å². The summed E-state index contributed by atoms with van der Waals surface area (Å²) >= 11 is 5.52. The molecule has 1 atom stereocenters. The van der Waals surface area contributed by atoms with Crippen LogP contribution in [0.4, 0.5) is 0 Å². The minimum absolute atomic E-state index is 0.495. The molecule has 0 aromatic carbocycles. The second-order valence-electron chi connectivity index (χ2n) is 1.19. The molecule has 32 valence electrons. The first kappa shape index (κ1) is 5.51. The van der Waals surface area contributed by atoms with E-state index in [2.05, 4.69) is 6.92 Å². The molecule has 0 spiro atoms. The molecule has 0 rings (SSSR count). The molecule has 0 saturated carbocycles. The van der Waals surface area contributed by atoms with Gasteiger partial charge in [0.15, 0.2) is 0 Å². The van der Waals surface area contributed by atoms with Crippen LogP contribution in [0.25, 0.3) is 0 Å². The van der Waals surface area contributed by atoms with Crippen LogP contribution in [-0.4, -0.2) is 15.2 Å². The molecule has 2 heteroatoms. The largest absolute Gasteiger partial charge is 0.128 e. The molecule has 0 N–H and O–H groups in total. The molecule has 0 aliphatic heterocycles. The zero-order valence-corrected chi connectivity index (χ0v) is 6.42. The van der Waals surface area contributed by atoms with E-state index in [4.69, 9.17) is 11.6 Å². The van der Waals surface area contributed by atoms with Crippen LogP contribution in [-0.2, 0) is 0 Å². The van der Waals surface area contributed by atoms with Gasteiger partial charge in [0.25, 0.3) is 0 Å². The van der Waals surface area contributed by atoms with Gasteiger partial charge in [-0.1, -0.05) is 6.92 Å². The van der Waals surface area contributed by atoms with Crippen molar-refractivity contribution in [1.82, 2.24) is 0 Å². The lowest BCUT2D eigenvalue weighted by Gasteiger charge is -1.87. The zero-order chi connectivity index (χ0) is 4.28. The van der Waals surface area contributed by atoms with Crippen molar-refractivity contribution in [3.63, 3.8) is 0 Å². The number of hydrogen-bond acceptors (Lipinski definition) is 0. The molecule has 0 nitrogen and oxygen atoms in total. The maximum atomic E-state index is 5.52. The maximum absolute atomic E-state index is 5.52. The Labute approximate surface area is 40.9 Å². The van der Waals surface area contributed by atoms with Crippen LogP contribution >= 0.6 is 11.6 Å². The highest BCUT2D eigenvalue weighted by Crippen LogP contribution is 1.90. The normalized spacial score (nSPS) is 15.6. The van der Waals surface area contributed by atoms with Crippen LogP contribution in [0.2, 0.25) is 0 Å². The van der Waals surface area contributed by atoms with E-state index in [0.717, 1.165) is 16.7 Å². The Bertz CT molecular complexity index is 20.9. The highest BCUT2D eigenvalue weighted by atomic mass is 35.5. The molecule has 0 aliphatic rings. The Hall–Kier alpha value is 0.507. The molecule has 0 aromatic rings. The summed E-state index contributed by atoms with van der Waals surface area (Å²) in [6.07, 6.45) is 1.13. The lowest BCUT2D eigenvalue weighted by molar-refractivity contribution is 1.04. The second-order valence-corrected chi connectivity index (χ2v) is 4.06. The smallest absolute Gasteiger partial charge is 0.0254 e. The van der Waals surface area contributed by atoms with E-state index in [-0.39, 0.29) is 0 Å². The summed E-state index contributed by atoms with van der Waals surface area (Å²) in [5.41, 5.74) is 0. The van der Waals surface area contributed by atoms with Crippen molar-refractivity contribution in [1.29, 1.82) is 0 Å². The van der Waals surface area contributed by atoms with Gasteiger partial charge < -0.3 is 0 Å². The third kappa shape index (κ3) is 4.51. The van der Waals surface area contributed by atoms with E-state index in [0.29, 0.717) is 5.00 Å². The molecular formula is C3H9ClSi. The highest BCUT2D eigenvalue weighted by molar-refractivity contribution is 6.40. The first-order valence-corrected chi connectivity index (χ1v) is 3.50. The van der Waals surface area contributed by atoms with E-state index in [1.54, 1.807) is 0 Å². The topological polar surface area (TPSA) is 0 Å². The Balaban J connectivity index is 2.54. The third-order valence-electron chi connectivity index (χ3n) is 0.563. The fraction of sp³-hybridized carbons (Fsp3) is 1.00. The van der Waals surface area contributed by atoms with Gasteiger partial charge in [0.1, 0.15) is 0 Å². The minimum atomic E-state index is 0.495. The van der Waals surface area contributed by atoms with Gasteiger partial charge >= 0.3 is 0 Å². The summed E-state index contributed by atoms with van der Waals surface area (Å²) in [7, 11) is 1.14. The van der Waals surface area contributed by atoms with Crippen LogP contribution in [0.3, 0.4) is 0 Å². The van der Waals surface area contributed by atoms with Gasteiger partial charge in [-0.25, -0.2) is 0 Å². The van der Waals surface area contributed by atoms with Gasteiger partial charge in [-0.05, 0) is 6.42 Å². The standard InChI is InChI=1S/C3H9ClSi/c1-2-3(4)5/h3H,2H2,1,5H3. The van der Waals surface area contributed by atoms with Gasteiger partial charge in [-0.15, -0.1) is 11.6 Å². The quantitative estimate of drug-likeness (QED) is 0.336. The van der Waals surface area contributed by atoms with Crippen molar-refractivity contribution < 1.29 is 0 Å². The van der Waals surface area contributed by atoms with Crippen LogP contribution in [0, 0.1) is 0 Å². The van der Waals surface area contributed by atoms with Crippen LogP contribution in [0.5, 0.6) is 0 Å². The highest BCUT2D eigenvalue weighted by Gasteiger charge is 1.83. The second kappa shape index (κ2) is 2.73. The summed E-state index contributed by atoms with van der Waals surface area (Å²) in [6.45, 7) is 2.10. The number of halogens is 1. The van der Waals surface area contributed by atoms with Gasteiger partial charge in [0.2, 0.25) is 0 Å². The van der Waals surface area contributed by atoms with E-state index < -0.39 is 0 Å². The molecule has 0 aromatic heterocycles. The summed E-state index contributed by atoms with van der Waals surface area (Å²) in [5.74, 6) is 0. The van der Waals surface area contributed by atoms with Crippen LogP contribution < -0.4 is 0 Å². The molecule has 0 amide bonds. The Morgan fingerprint density at radius 2 is 2.20 bits per heavy atom. The summed E-state index contributed by atoms with van der Waals surface area (Å²) in [6, 6.07) is 0. The van der Waals surface area contributed by atoms with Crippen LogP contribution in [0.15, 0.2) is 0 Å². The average molecular weight is 109 g/mol. The fourth-order valence-electron chi connectivity index (χ4n) is 0. The SMILES string of the molecule is CCC([SiH3])Cl. The zero-order valence-electron chi connectivity index (χ0n) is 3.66.